The molecule has 0 spiro atoms. The first kappa shape index (κ1) is 10.6. The summed E-state index contributed by atoms with van der Waals surface area (Å²) in [6, 6.07) is 0. The Morgan fingerprint density at radius 1 is 1.31 bits per heavy atom. The van der Waals surface area contributed by atoms with Crippen molar-refractivity contribution in [3.63, 3.8) is 0 Å². The molecule has 0 amide bonds. The first-order chi connectivity index (χ1) is 6.34. The summed E-state index contributed by atoms with van der Waals surface area (Å²) in [7, 11) is 0. The number of unbranched alkanes of at least 4 members (excludes halogenated alkanes) is 4. The van der Waals surface area contributed by atoms with Crippen LogP contribution < -0.4 is 0 Å². The molecule has 0 N–H and O–H groups in total. The van der Waals surface area contributed by atoms with Gasteiger partial charge in [-0.05, 0) is 12.8 Å². The third-order valence-corrected chi connectivity index (χ3v) is 2.70. The smallest absolute Gasteiger partial charge is 0.309 e. The number of ether oxygens (including phenoxy) is 1. The topological polar surface area (TPSA) is 26.3 Å². The Morgan fingerprint density at radius 3 is 2.69 bits per heavy atom. The highest BCUT2D eigenvalue weighted by molar-refractivity contribution is 5.73. The molecule has 1 atom stereocenters. The quantitative estimate of drug-likeness (QED) is 0.468. The Hall–Kier alpha value is -0.530. The lowest BCUT2D eigenvalue weighted by molar-refractivity contribution is -0.141. The maximum absolute atomic E-state index is 11.1. The molecule has 1 rings (SSSR count). The lowest BCUT2D eigenvalue weighted by atomic mass is 9.99. The van der Waals surface area contributed by atoms with E-state index in [4.69, 9.17) is 4.74 Å². The van der Waals surface area contributed by atoms with Gasteiger partial charge in [0.2, 0.25) is 0 Å². The second-order valence-electron chi connectivity index (χ2n) is 3.86. The number of carbonyl (C=O) groups excluding carboxylic acids is 1. The summed E-state index contributed by atoms with van der Waals surface area (Å²) in [5, 5.41) is 0. The van der Waals surface area contributed by atoms with Crippen LogP contribution in [0.5, 0.6) is 0 Å². The molecule has 0 aromatic heterocycles. The molecule has 1 fully saturated rings. The number of esters is 1. The lowest BCUT2D eigenvalue weighted by Gasteiger charge is -2.04. The molecule has 1 heterocycles. The lowest BCUT2D eigenvalue weighted by Crippen LogP contribution is -2.06. The minimum atomic E-state index is 0.0375. The monoisotopic (exact) mass is 184 g/mol. The molecule has 0 aromatic carbocycles. The minimum absolute atomic E-state index is 0.0375. The Kier molecular flexibility index (Phi) is 4.87. The molecule has 13 heavy (non-hydrogen) atoms. The van der Waals surface area contributed by atoms with Gasteiger partial charge in [-0.2, -0.15) is 0 Å². The van der Waals surface area contributed by atoms with Crippen molar-refractivity contribution in [2.75, 3.05) is 6.61 Å². The van der Waals surface area contributed by atoms with Gasteiger partial charge in [-0.1, -0.05) is 39.0 Å². The number of hydrogen-bond acceptors (Lipinski definition) is 2. The van der Waals surface area contributed by atoms with Crippen molar-refractivity contribution in [1.29, 1.82) is 0 Å². The van der Waals surface area contributed by atoms with Crippen LogP contribution in [0.15, 0.2) is 0 Å². The van der Waals surface area contributed by atoms with Crippen LogP contribution in [0.4, 0.5) is 0 Å². The largest absolute Gasteiger partial charge is 0.465 e. The second kappa shape index (κ2) is 6.01. The minimum Gasteiger partial charge on any atom is -0.465 e. The molecule has 2 heteroatoms. The van der Waals surface area contributed by atoms with Gasteiger partial charge in [0, 0.05) is 0 Å². The van der Waals surface area contributed by atoms with Gasteiger partial charge < -0.3 is 4.74 Å². The molecule has 0 bridgehead atoms. The van der Waals surface area contributed by atoms with Crippen molar-refractivity contribution >= 4 is 5.97 Å². The zero-order chi connectivity index (χ0) is 9.52. The Labute approximate surface area is 80.7 Å². The van der Waals surface area contributed by atoms with Gasteiger partial charge in [-0.3, -0.25) is 4.79 Å². The van der Waals surface area contributed by atoms with Crippen LogP contribution in [0.1, 0.15) is 51.9 Å². The first-order valence-electron chi connectivity index (χ1n) is 5.51. The van der Waals surface area contributed by atoms with Gasteiger partial charge in [0.1, 0.15) is 0 Å². The van der Waals surface area contributed by atoms with E-state index in [1.807, 2.05) is 0 Å². The summed E-state index contributed by atoms with van der Waals surface area (Å²) in [4.78, 5) is 11.1. The summed E-state index contributed by atoms with van der Waals surface area (Å²) < 4.78 is 4.90. The fourth-order valence-corrected chi connectivity index (χ4v) is 1.79. The summed E-state index contributed by atoms with van der Waals surface area (Å²) in [6.07, 6.45) is 8.39. The predicted molar refractivity (Wildman–Crippen MR) is 52.4 cm³/mol. The van der Waals surface area contributed by atoms with Crippen LogP contribution in [0.25, 0.3) is 0 Å². The third kappa shape index (κ3) is 3.79. The molecule has 1 saturated heterocycles. The average molecular weight is 184 g/mol. The van der Waals surface area contributed by atoms with Crippen molar-refractivity contribution in [1.82, 2.24) is 0 Å². The number of cyclic esters (lactones) is 1. The van der Waals surface area contributed by atoms with Crippen molar-refractivity contribution < 1.29 is 9.53 Å². The van der Waals surface area contributed by atoms with E-state index in [0.29, 0.717) is 6.61 Å². The van der Waals surface area contributed by atoms with Crippen molar-refractivity contribution in [3.05, 3.63) is 0 Å². The van der Waals surface area contributed by atoms with Crippen LogP contribution >= 0.6 is 0 Å². The molecular formula is C11H20O2. The third-order valence-electron chi connectivity index (χ3n) is 2.70. The van der Waals surface area contributed by atoms with E-state index in [1.165, 1.54) is 32.1 Å². The predicted octanol–water partition coefficient (Wildman–Crippen LogP) is 2.91. The Morgan fingerprint density at radius 2 is 2.08 bits per heavy atom. The van der Waals surface area contributed by atoms with Gasteiger partial charge >= 0.3 is 5.97 Å². The zero-order valence-electron chi connectivity index (χ0n) is 8.55. The van der Waals surface area contributed by atoms with Crippen LogP contribution in [-0.4, -0.2) is 12.6 Å². The van der Waals surface area contributed by atoms with Gasteiger partial charge in [0.25, 0.3) is 0 Å². The van der Waals surface area contributed by atoms with E-state index in [9.17, 15) is 4.79 Å². The van der Waals surface area contributed by atoms with Crippen LogP contribution in [0.3, 0.4) is 0 Å². The molecule has 1 aliphatic heterocycles. The number of hydrogen-bond donors (Lipinski definition) is 0. The number of rotatable bonds is 6. The maximum Gasteiger partial charge on any atom is 0.309 e. The fraction of sp³-hybridized carbons (Fsp3) is 0.909. The van der Waals surface area contributed by atoms with Gasteiger partial charge in [-0.15, -0.1) is 0 Å². The fourth-order valence-electron chi connectivity index (χ4n) is 1.79. The van der Waals surface area contributed by atoms with Crippen LogP contribution in [0, 0.1) is 5.92 Å². The molecule has 1 aliphatic rings. The molecule has 0 aliphatic carbocycles. The van der Waals surface area contributed by atoms with Gasteiger partial charge in [0.15, 0.2) is 0 Å². The summed E-state index contributed by atoms with van der Waals surface area (Å²) >= 11 is 0. The molecule has 0 saturated carbocycles. The second-order valence-corrected chi connectivity index (χ2v) is 3.86. The van der Waals surface area contributed by atoms with Crippen LogP contribution in [0.2, 0.25) is 0 Å². The van der Waals surface area contributed by atoms with E-state index < -0.39 is 0 Å². The highest BCUT2D eigenvalue weighted by atomic mass is 16.5. The molecule has 76 valence electrons. The summed E-state index contributed by atoms with van der Waals surface area (Å²) in [5.41, 5.74) is 0. The number of carbonyl (C=O) groups is 1. The Bertz CT molecular complexity index is 154. The van der Waals surface area contributed by atoms with E-state index in [-0.39, 0.29) is 11.9 Å². The van der Waals surface area contributed by atoms with Crippen molar-refractivity contribution in [2.24, 2.45) is 5.92 Å². The summed E-state index contributed by atoms with van der Waals surface area (Å²) in [6.45, 7) is 2.87. The standard InChI is InChI=1S/C11H20O2/c1-2-3-4-5-6-7-10-8-9-13-11(10)12/h10H,2-9H2,1H3/t10-/m0/s1. The SMILES string of the molecule is CCCCCCC[C@H]1CCOC1=O. The first-order valence-corrected chi connectivity index (χ1v) is 5.51. The van der Waals surface area contributed by atoms with E-state index in [1.54, 1.807) is 0 Å². The van der Waals surface area contributed by atoms with Crippen molar-refractivity contribution in [2.45, 2.75) is 51.9 Å². The maximum atomic E-state index is 11.1. The normalized spacial score (nSPS) is 21.9. The molecule has 0 unspecified atom stereocenters. The highest BCUT2D eigenvalue weighted by Crippen LogP contribution is 2.21. The zero-order valence-corrected chi connectivity index (χ0v) is 8.55. The van der Waals surface area contributed by atoms with Gasteiger partial charge in [-0.25, -0.2) is 0 Å². The van der Waals surface area contributed by atoms with Gasteiger partial charge in [0.05, 0.1) is 12.5 Å². The highest BCUT2D eigenvalue weighted by Gasteiger charge is 2.25. The van der Waals surface area contributed by atoms with Crippen LogP contribution in [-0.2, 0) is 9.53 Å². The molecule has 0 aromatic rings. The molecule has 0 radical (unpaired) electrons. The Balaban J connectivity index is 1.96. The van der Waals surface area contributed by atoms with E-state index in [2.05, 4.69) is 6.92 Å². The summed E-state index contributed by atoms with van der Waals surface area (Å²) in [5.74, 6) is 0.261. The average Bonchev–Trinajstić information content (AvgIpc) is 2.52. The molecular weight excluding hydrogens is 164 g/mol. The van der Waals surface area contributed by atoms with E-state index >= 15 is 0 Å². The molecule has 2 nitrogen and oxygen atoms in total. The van der Waals surface area contributed by atoms with Crippen molar-refractivity contribution in [3.8, 4) is 0 Å². The van der Waals surface area contributed by atoms with E-state index in [0.717, 1.165) is 12.8 Å².